The number of hydrogen-bond acceptors (Lipinski definition) is 5. The van der Waals surface area contributed by atoms with Crippen molar-refractivity contribution < 1.29 is 13.2 Å². The lowest BCUT2D eigenvalue weighted by Gasteiger charge is -2.17. The number of nitrogens with one attached hydrogen (secondary N) is 2. The fourth-order valence-electron chi connectivity index (χ4n) is 1.57. The van der Waals surface area contributed by atoms with Gasteiger partial charge in [0.25, 0.3) is 0 Å². The molecule has 0 atom stereocenters. The molecule has 1 aromatic heterocycles. The fourth-order valence-corrected chi connectivity index (χ4v) is 3.16. The number of urea groups is 1. The van der Waals surface area contributed by atoms with Gasteiger partial charge in [-0.05, 0) is 13.3 Å². The van der Waals surface area contributed by atoms with Crippen LogP contribution in [-0.2, 0) is 10.0 Å². The molecule has 1 rings (SSSR count). The molecular weight excluding hydrogens is 300 g/mol. The van der Waals surface area contributed by atoms with Crippen LogP contribution in [0.3, 0.4) is 0 Å². The highest BCUT2D eigenvalue weighted by molar-refractivity contribution is 7.88. The first-order valence-electron chi connectivity index (χ1n) is 6.25. The smallest absolute Gasteiger partial charge is 0.321 e. The monoisotopic (exact) mass is 320 g/mol. The maximum atomic E-state index is 11.5. The number of anilines is 1. The zero-order valence-electron chi connectivity index (χ0n) is 11.8. The third kappa shape index (κ3) is 5.85. The molecule has 2 N–H and O–H groups in total. The quantitative estimate of drug-likeness (QED) is 0.740. The molecule has 0 aromatic carbocycles. The molecule has 0 aliphatic carbocycles. The lowest BCUT2D eigenvalue weighted by molar-refractivity contribution is 0.251. The van der Waals surface area contributed by atoms with Crippen molar-refractivity contribution >= 4 is 32.5 Å². The number of aromatic nitrogens is 1. The Hall–Kier alpha value is -1.19. The van der Waals surface area contributed by atoms with Crippen molar-refractivity contribution in [1.29, 1.82) is 0 Å². The van der Waals surface area contributed by atoms with Gasteiger partial charge in [0, 0.05) is 30.7 Å². The number of aryl methyl sites for hydroxylation is 1. The molecule has 0 saturated carbocycles. The number of nitrogens with zero attached hydrogens (tertiary/aromatic N) is 2. The molecule has 0 bridgehead atoms. The minimum atomic E-state index is -3.16. The maximum absolute atomic E-state index is 11.5. The van der Waals surface area contributed by atoms with Gasteiger partial charge < -0.3 is 5.32 Å². The summed E-state index contributed by atoms with van der Waals surface area (Å²) in [5.74, 6) is 0. The van der Waals surface area contributed by atoms with Gasteiger partial charge in [0.05, 0.1) is 6.26 Å². The van der Waals surface area contributed by atoms with Crippen LogP contribution in [0.1, 0.15) is 18.2 Å². The predicted molar refractivity (Wildman–Crippen MR) is 80.6 cm³/mol. The molecule has 0 radical (unpaired) electrons. The number of amides is 2. The highest BCUT2D eigenvalue weighted by atomic mass is 32.2. The Morgan fingerprint density at radius 1 is 1.50 bits per heavy atom. The molecule has 0 unspecified atom stereocenters. The van der Waals surface area contributed by atoms with E-state index in [1.54, 1.807) is 13.1 Å². The normalized spacial score (nSPS) is 11.6. The van der Waals surface area contributed by atoms with Crippen molar-refractivity contribution in [2.75, 3.05) is 31.2 Å². The van der Waals surface area contributed by atoms with E-state index in [1.165, 1.54) is 21.9 Å². The standard InChI is InChI=1S/C11H20N4O3S2/c1-4-15(20(3,17)18)7-5-6-12-10(16)14-11-13-8-9(2)19-11/h8H,4-7H2,1-3H3,(H2,12,13,14,16). The van der Waals surface area contributed by atoms with E-state index in [0.717, 1.165) is 4.88 Å². The van der Waals surface area contributed by atoms with Crippen LogP contribution in [0.4, 0.5) is 9.93 Å². The van der Waals surface area contributed by atoms with Crippen molar-refractivity contribution in [3.63, 3.8) is 0 Å². The van der Waals surface area contributed by atoms with Gasteiger partial charge in [-0.1, -0.05) is 6.92 Å². The average Bonchev–Trinajstić information content (AvgIpc) is 2.73. The Labute approximate surface area is 123 Å². The topological polar surface area (TPSA) is 91.4 Å². The Bertz CT molecular complexity index is 542. The van der Waals surface area contributed by atoms with Gasteiger partial charge in [0.2, 0.25) is 10.0 Å². The van der Waals surface area contributed by atoms with E-state index in [0.29, 0.717) is 31.2 Å². The molecule has 7 nitrogen and oxygen atoms in total. The summed E-state index contributed by atoms with van der Waals surface area (Å²) in [6.07, 6.45) is 3.43. The zero-order valence-corrected chi connectivity index (χ0v) is 13.5. The van der Waals surface area contributed by atoms with E-state index in [2.05, 4.69) is 15.6 Å². The van der Waals surface area contributed by atoms with E-state index < -0.39 is 10.0 Å². The SMILES string of the molecule is CCN(CCCNC(=O)Nc1ncc(C)s1)S(C)(=O)=O. The van der Waals surface area contributed by atoms with Crippen molar-refractivity contribution in [3.8, 4) is 0 Å². The lowest BCUT2D eigenvalue weighted by atomic mass is 10.4. The number of carbonyl (C=O) groups excluding carboxylic acids is 1. The Kier molecular flexibility index (Phi) is 6.37. The average molecular weight is 320 g/mol. The van der Waals surface area contributed by atoms with Crippen molar-refractivity contribution in [2.24, 2.45) is 0 Å². The Morgan fingerprint density at radius 2 is 2.20 bits per heavy atom. The molecule has 20 heavy (non-hydrogen) atoms. The lowest BCUT2D eigenvalue weighted by Crippen LogP contribution is -2.34. The highest BCUT2D eigenvalue weighted by Gasteiger charge is 2.13. The number of rotatable bonds is 7. The highest BCUT2D eigenvalue weighted by Crippen LogP contribution is 2.15. The minimum absolute atomic E-state index is 0.332. The van der Waals surface area contributed by atoms with Crippen molar-refractivity contribution in [1.82, 2.24) is 14.6 Å². The zero-order chi connectivity index (χ0) is 15.2. The second-order valence-electron chi connectivity index (χ2n) is 4.27. The van der Waals surface area contributed by atoms with Gasteiger partial charge in [-0.2, -0.15) is 0 Å². The number of sulfonamides is 1. The first kappa shape index (κ1) is 16.9. The van der Waals surface area contributed by atoms with E-state index in [4.69, 9.17) is 0 Å². The van der Waals surface area contributed by atoms with Crippen LogP contribution in [-0.4, -0.2) is 49.6 Å². The van der Waals surface area contributed by atoms with E-state index in [1.807, 2.05) is 6.92 Å². The summed E-state index contributed by atoms with van der Waals surface area (Å²) < 4.78 is 24.1. The third-order valence-corrected chi connectivity index (χ3v) is 4.74. The van der Waals surface area contributed by atoms with Crippen LogP contribution in [0.15, 0.2) is 6.20 Å². The van der Waals surface area contributed by atoms with Gasteiger partial charge in [-0.25, -0.2) is 22.5 Å². The van der Waals surface area contributed by atoms with Crippen LogP contribution < -0.4 is 10.6 Å². The largest absolute Gasteiger partial charge is 0.338 e. The minimum Gasteiger partial charge on any atom is -0.338 e. The summed E-state index contributed by atoms with van der Waals surface area (Å²) in [6.45, 7) is 4.93. The van der Waals surface area contributed by atoms with E-state index >= 15 is 0 Å². The Balaban J connectivity index is 2.25. The summed E-state index contributed by atoms with van der Waals surface area (Å²) in [6, 6.07) is -0.332. The third-order valence-electron chi connectivity index (χ3n) is 2.53. The molecule has 2 amide bonds. The van der Waals surface area contributed by atoms with Crippen LogP contribution in [0.5, 0.6) is 0 Å². The molecule has 0 aliphatic rings. The van der Waals surface area contributed by atoms with E-state index in [9.17, 15) is 13.2 Å². The summed E-state index contributed by atoms with van der Waals surface area (Å²) in [5.41, 5.74) is 0. The molecule has 0 saturated heterocycles. The van der Waals surface area contributed by atoms with Crippen LogP contribution in [0, 0.1) is 6.92 Å². The molecule has 1 heterocycles. The van der Waals surface area contributed by atoms with Gasteiger partial charge in [-0.3, -0.25) is 5.32 Å². The molecule has 9 heteroatoms. The summed E-state index contributed by atoms with van der Waals surface area (Å²) in [7, 11) is -3.16. The van der Waals surface area contributed by atoms with Gasteiger partial charge in [0.15, 0.2) is 5.13 Å². The van der Waals surface area contributed by atoms with Gasteiger partial charge in [0.1, 0.15) is 0 Å². The first-order chi connectivity index (χ1) is 9.32. The van der Waals surface area contributed by atoms with Crippen molar-refractivity contribution in [2.45, 2.75) is 20.3 Å². The summed E-state index contributed by atoms with van der Waals surface area (Å²) in [5, 5.41) is 5.83. The number of hydrogen-bond donors (Lipinski definition) is 2. The van der Waals surface area contributed by atoms with Gasteiger partial charge >= 0.3 is 6.03 Å². The molecular formula is C11H20N4O3S2. The fraction of sp³-hybridized carbons (Fsp3) is 0.636. The van der Waals surface area contributed by atoms with Crippen LogP contribution >= 0.6 is 11.3 Å². The number of thiazole rings is 1. The molecule has 0 spiro atoms. The molecule has 0 aliphatic heterocycles. The molecule has 1 aromatic rings. The second kappa shape index (κ2) is 7.55. The number of carbonyl (C=O) groups is 1. The summed E-state index contributed by atoms with van der Waals surface area (Å²) >= 11 is 1.40. The second-order valence-corrected chi connectivity index (χ2v) is 7.48. The summed E-state index contributed by atoms with van der Waals surface area (Å²) in [4.78, 5) is 16.6. The van der Waals surface area contributed by atoms with Crippen LogP contribution in [0.25, 0.3) is 0 Å². The van der Waals surface area contributed by atoms with E-state index in [-0.39, 0.29) is 6.03 Å². The van der Waals surface area contributed by atoms with Gasteiger partial charge in [-0.15, -0.1) is 11.3 Å². The predicted octanol–water partition coefficient (Wildman–Crippen LogP) is 1.24. The van der Waals surface area contributed by atoms with Crippen molar-refractivity contribution in [3.05, 3.63) is 11.1 Å². The first-order valence-corrected chi connectivity index (χ1v) is 8.91. The Morgan fingerprint density at radius 3 is 2.70 bits per heavy atom. The molecule has 114 valence electrons. The van der Waals surface area contributed by atoms with Crippen LogP contribution in [0.2, 0.25) is 0 Å². The maximum Gasteiger partial charge on any atom is 0.321 e. The molecule has 0 fully saturated rings.